The Morgan fingerprint density at radius 2 is 2.18 bits per heavy atom. The Morgan fingerprint density at radius 3 is 2.86 bits per heavy atom. The van der Waals surface area contributed by atoms with Gasteiger partial charge in [-0.1, -0.05) is 12.1 Å². The van der Waals surface area contributed by atoms with Crippen molar-refractivity contribution in [2.75, 3.05) is 26.9 Å². The summed E-state index contributed by atoms with van der Waals surface area (Å²) >= 11 is 0. The second-order valence-corrected chi connectivity index (χ2v) is 5.21. The number of halogens is 1. The molecule has 3 N–H and O–H groups in total. The van der Waals surface area contributed by atoms with Crippen molar-refractivity contribution in [2.45, 2.75) is 24.8 Å². The first kappa shape index (κ1) is 16.8. The molecule has 1 heterocycles. The van der Waals surface area contributed by atoms with E-state index >= 15 is 0 Å². The number of aliphatic hydroxyl groups is 1. The van der Waals surface area contributed by atoms with Crippen LogP contribution in [0.3, 0.4) is 0 Å². The van der Waals surface area contributed by atoms with Crippen molar-refractivity contribution in [1.82, 2.24) is 10.6 Å². The highest BCUT2D eigenvalue weighted by molar-refractivity contribution is 5.77. The van der Waals surface area contributed by atoms with Gasteiger partial charge >= 0.3 is 0 Å². The molecular weight excluding hydrogens is 291 g/mol. The fourth-order valence-electron chi connectivity index (χ4n) is 2.29. The summed E-state index contributed by atoms with van der Waals surface area (Å²) in [5.74, 6) is -0.527. The Bertz CT molecular complexity index is 483. The average molecular weight is 312 g/mol. The number of carbonyl (C=O) groups is 1. The molecule has 22 heavy (non-hydrogen) atoms. The lowest BCUT2D eigenvalue weighted by Crippen LogP contribution is -2.45. The lowest BCUT2D eigenvalue weighted by Gasteiger charge is -2.19. The zero-order valence-corrected chi connectivity index (χ0v) is 12.4. The second kappa shape index (κ2) is 8.19. The number of ether oxygens (including phenoxy) is 2. The molecule has 6 nitrogen and oxygen atoms in total. The number of hydrogen-bond acceptors (Lipinski definition) is 5. The van der Waals surface area contributed by atoms with E-state index in [1.165, 1.54) is 19.2 Å². The van der Waals surface area contributed by atoms with E-state index in [0.29, 0.717) is 13.2 Å². The van der Waals surface area contributed by atoms with Gasteiger partial charge in [0.25, 0.3) is 0 Å². The van der Waals surface area contributed by atoms with E-state index in [2.05, 4.69) is 10.6 Å². The van der Waals surface area contributed by atoms with Crippen molar-refractivity contribution in [1.29, 1.82) is 0 Å². The number of methoxy groups -OCH3 is 1. The topological polar surface area (TPSA) is 79.8 Å². The fraction of sp³-hybridized carbons (Fsp3) is 0.533. The number of carbonyl (C=O) groups excluding carboxylic acids is 1. The summed E-state index contributed by atoms with van der Waals surface area (Å²) in [7, 11) is 1.44. The number of nitrogens with one attached hydrogen (secondary N) is 2. The van der Waals surface area contributed by atoms with Crippen LogP contribution in [0.2, 0.25) is 0 Å². The van der Waals surface area contributed by atoms with Crippen LogP contribution in [0.1, 0.15) is 5.56 Å². The van der Waals surface area contributed by atoms with Crippen molar-refractivity contribution >= 4 is 5.91 Å². The fourth-order valence-corrected chi connectivity index (χ4v) is 2.29. The van der Waals surface area contributed by atoms with E-state index < -0.39 is 12.2 Å². The van der Waals surface area contributed by atoms with Crippen LogP contribution >= 0.6 is 0 Å². The van der Waals surface area contributed by atoms with Gasteiger partial charge in [-0.25, -0.2) is 4.39 Å². The van der Waals surface area contributed by atoms with Crippen LogP contribution < -0.4 is 10.6 Å². The normalized spacial score (nSPS) is 24.4. The van der Waals surface area contributed by atoms with E-state index in [4.69, 9.17) is 9.47 Å². The smallest absolute Gasteiger partial charge is 0.246 e. The lowest BCUT2D eigenvalue weighted by atomic mass is 10.1. The van der Waals surface area contributed by atoms with Crippen LogP contribution in [-0.2, 0) is 20.8 Å². The molecule has 122 valence electrons. The molecule has 0 aromatic heterocycles. The maximum absolute atomic E-state index is 12.8. The summed E-state index contributed by atoms with van der Waals surface area (Å²) in [6.45, 7) is 1.08. The molecule has 1 aliphatic heterocycles. The molecule has 3 unspecified atom stereocenters. The predicted octanol–water partition coefficient (Wildman–Crippen LogP) is -0.194. The summed E-state index contributed by atoms with van der Waals surface area (Å²) in [5, 5.41) is 16.0. The Hall–Kier alpha value is -1.54. The molecule has 0 saturated carbocycles. The Kier molecular flexibility index (Phi) is 6.26. The van der Waals surface area contributed by atoms with Crippen LogP contribution in [0, 0.1) is 5.82 Å². The molecule has 0 spiro atoms. The summed E-state index contributed by atoms with van der Waals surface area (Å²) in [4.78, 5) is 11.3. The molecule has 1 aliphatic rings. The predicted molar refractivity (Wildman–Crippen MR) is 77.7 cm³/mol. The van der Waals surface area contributed by atoms with Gasteiger partial charge in [-0.05, 0) is 17.7 Å². The maximum atomic E-state index is 12.8. The van der Waals surface area contributed by atoms with Crippen LogP contribution in [0.15, 0.2) is 24.3 Å². The highest BCUT2D eigenvalue weighted by Crippen LogP contribution is 2.14. The highest BCUT2D eigenvalue weighted by atomic mass is 19.1. The van der Waals surface area contributed by atoms with Crippen LogP contribution in [-0.4, -0.2) is 56.1 Å². The molecule has 7 heteroatoms. The third-order valence-electron chi connectivity index (χ3n) is 3.54. The van der Waals surface area contributed by atoms with Crippen molar-refractivity contribution in [3.63, 3.8) is 0 Å². The minimum atomic E-state index is -0.719. The molecule has 0 radical (unpaired) electrons. The number of aliphatic hydroxyl groups excluding tert-OH is 1. The van der Waals surface area contributed by atoms with Crippen LogP contribution in [0.4, 0.5) is 4.39 Å². The largest absolute Gasteiger partial charge is 0.389 e. The van der Waals surface area contributed by atoms with Crippen molar-refractivity contribution in [3.8, 4) is 0 Å². The van der Waals surface area contributed by atoms with Gasteiger partial charge in [-0.2, -0.15) is 0 Å². The lowest BCUT2D eigenvalue weighted by molar-refractivity contribution is -0.125. The van der Waals surface area contributed by atoms with Gasteiger partial charge in [-0.15, -0.1) is 0 Å². The summed E-state index contributed by atoms with van der Waals surface area (Å²) in [6, 6.07) is 5.94. The van der Waals surface area contributed by atoms with E-state index in [0.717, 1.165) is 5.56 Å². The number of amides is 1. The van der Waals surface area contributed by atoms with Crippen LogP contribution in [0.25, 0.3) is 0 Å². The molecule has 1 saturated heterocycles. The quantitative estimate of drug-likeness (QED) is 0.650. The van der Waals surface area contributed by atoms with E-state index in [1.54, 1.807) is 12.1 Å². The van der Waals surface area contributed by atoms with Gasteiger partial charge < -0.3 is 25.2 Å². The molecular formula is C15H21FN2O4. The van der Waals surface area contributed by atoms with Gasteiger partial charge in [0.05, 0.1) is 18.8 Å². The molecule has 2 rings (SSSR count). The minimum Gasteiger partial charge on any atom is -0.389 e. The maximum Gasteiger partial charge on any atom is 0.246 e. The van der Waals surface area contributed by atoms with Gasteiger partial charge in [0.1, 0.15) is 18.5 Å². The zero-order chi connectivity index (χ0) is 15.9. The molecule has 3 atom stereocenters. The zero-order valence-electron chi connectivity index (χ0n) is 12.4. The number of benzene rings is 1. The van der Waals surface area contributed by atoms with Crippen molar-refractivity contribution < 1.29 is 23.8 Å². The first-order valence-electron chi connectivity index (χ1n) is 7.13. The minimum absolute atomic E-state index is 0.0188. The van der Waals surface area contributed by atoms with Crippen LogP contribution in [0.5, 0.6) is 0 Å². The van der Waals surface area contributed by atoms with Gasteiger partial charge in [-0.3, -0.25) is 4.79 Å². The standard InChI is InChI=1S/C15H21FN2O4/c1-21-9-14(19)18-7-13-15(20)12(8-22-13)17-6-10-2-4-11(16)5-3-10/h2-5,12-13,15,17,20H,6-9H2,1H3,(H,18,19). The van der Waals surface area contributed by atoms with Crippen molar-refractivity contribution in [3.05, 3.63) is 35.6 Å². The third-order valence-corrected chi connectivity index (χ3v) is 3.54. The summed E-state index contributed by atoms with van der Waals surface area (Å²) in [6.07, 6.45) is -1.17. The SMILES string of the molecule is COCC(=O)NCC1OCC(NCc2ccc(F)cc2)C1O. The van der Waals surface area contributed by atoms with E-state index in [9.17, 15) is 14.3 Å². The third kappa shape index (κ3) is 4.74. The molecule has 1 amide bonds. The Balaban J connectivity index is 1.75. The first-order chi connectivity index (χ1) is 10.6. The first-order valence-corrected chi connectivity index (χ1v) is 7.13. The molecule has 0 bridgehead atoms. The molecule has 1 aromatic carbocycles. The monoisotopic (exact) mass is 312 g/mol. The number of rotatable bonds is 7. The van der Waals surface area contributed by atoms with E-state index in [-0.39, 0.29) is 30.9 Å². The molecule has 0 aliphatic carbocycles. The Morgan fingerprint density at radius 1 is 1.45 bits per heavy atom. The van der Waals surface area contributed by atoms with Gasteiger partial charge in [0.2, 0.25) is 5.91 Å². The van der Waals surface area contributed by atoms with Gasteiger partial charge in [0.15, 0.2) is 0 Å². The Labute approximate surface area is 128 Å². The highest BCUT2D eigenvalue weighted by Gasteiger charge is 2.35. The van der Waals surface area contributed by atoms with E-state index in [1.807, 2.05) is 0 Å². The summed E-state index contributed by atoms with van der Waals surface area (Å²) < 4.78 is 23.0. The average Bonchev–Trinajstić information content (AvgIpc) is 2.85. The number of hydrogen-bond donors (Lipinski definition) is 3. The molecule has 1 fully saturated rings. The van der Waals surface area contributed by atoms with Crippen molar-refractivity contribution in [2.24, 2.45) is 0 Å². The summed E-state index contributed by atoms with van der Waals surface area (Å²) in [5.41, 5.74) is 0.922. The van der Waals surface area contributed by atoms with Gasteiger partial charge in [0, 0.05) is 20.2 Å². The second-order valence-electron chi connectivity index (χ2n) is 5.21. The molecule has 1 aromatic rings.